The van der Waals surface area contributed by atoms with E-state index in [-0.39, 0.29) is 25.0 Å². The Morgan fingerprint density at radius 1 is 1.00 bits per heavy atom. The molecule has 3 saturated heterocycles. The van der Waals surface area contributed by atoms with Crippen LogP contribution < -0.4 is 25.8 Å². The molecule has 1 unspecified atom stereocenters. The average Bonchev–Trinajstić information content (AvgIpc) is 3.58. The van der Waals surface area contributed by atoms with Crippen LogP contribution in [0, 0.1) is 11.3 Å². The third-order valence-electron chi connectivity index (χ3n) is 11.8. The third kappa shape index (κ3) is 9.29. The zero-order valence-electron chi connectivity index (χ0n) is 33.3. The molecule has 3 fully saturated rings. The van der Waals surface area contributed by atoms with Gasteiger partial charge in [-0.05, 0) is 99.3 Å². The quantitative estimate of drug-likeness (QED) is 0.103. The number of nitrogens with one attached hydrogen (secondary N) is 4. The van der Waals surface area contributed by atoms with Crippen LogP contribution in [-0.4, -0.2) is 124 Å². The molecule has 4 aromatic rings. The van der Waals surface area contributed by atoms with Gasteiger partial charge in [0.1, 0.15) is 23.1 Å². The molecule has 57 heavy (non-hydrogen) atoms. The van der Waals surface area contributed by atoms with Gasteiger partial charge in [0.25, 0.3) is 0 Å². The molecule has 0 saturated carbocycles. The van der Waals surface area contributed by atoms with Gasteiger partial charge in [0, 0.05) is 96.4 Å². The zero-order chi connectivity index (χ0) is 39.9. The van der Waals surface area contributed by atoms with Crippen LogP contribution in [0.4, 0.5) is 28.1 Å². The Hall–Kier alpha value is -4.93. The largest absolute Gasteiger partial charge is 0.372 e. The first-order valence-electron chi connectivity index (χ1n) is 20.2. The first-order valence-corrected chi connectivity index (χ1v) is 21.3. The molecule has 4 N–H and O–H groups in total. The van der Waals surface area contributed by atoms with E-state index in [0.717, 1.165) is 112 Å². The highest BCUT2D eigenvalue weighted by Gasteiger charge is 2.29. The molecule has 16 heteroatoms. The van der Waals surface area contributed by atoms with Crippen molar-refractivity contribution in [2.24, 2.45) is 13.0 Å². The molecule has 0 bridgehead atoms. The lowest BCUT2D eigenvalue weighted by molar-refractivity contribution is -0.107. The molecule has 2 aromatic carbocycles. The van der Waals surface area contributed by atoms with E-state index in [1.165, 1.54) is 11.8 Å². The van der Waals surface area contributed by atoms with Crippen LogP contribution >= 0.6 is 0 Å². The number of piperidine rings is 3. The maximum absolute atomic E-state index is 13.7. The summed E-state index contributed by atoms with van der Waals surface area (Å²) in [6, 6.07) is 14.7. The second kappa shape index (κ2) is 18.6. The average molecular weight is 797 g/mol. The summed E-state index contributed by atoms with van der Waals surface area (Å²) in [6.07, 6.45) is 10.2. The lowest BCUT2D eigenvalue weighted by Crippen LogP contribution is -2.41. The smallest absolute Gasteiger partial charge is 0.322 e. The van der Waals surface area contributed by atoms with Gasteiger partial charge in [-0.15, -0.1) is 0 Å². The second-order valence-electron chi connectivity index (χ2n) is 15.4. The molecule has 5 heterocycles. The van der Waals surface area contributed by atoms with Gasteiger partial charge in [-0.1, -0.05) is 12.1 Å². The van der Waals surface area contributed by atoms with Crippen molar-refractivity contribution in [3.63, 3.8) is 0 Å². The highest BCUT2D eigenvalue weighted by Crippen LogP contribution is 2.34. The minimum absolute atomic E-state index is 0.195. The summed E-state index contributed by atoms with van der Waals surface area (Å²) in [5.41, 5.74) is 4.10. The van der Waals surface area contributed by atoms with Crippen LogP contribution in [0.3, 0.4) is 0 Å². The van der Waals surface area contributed by atoms with Gasteiger partial charge in [-0.25, -0.2) is 18.3 Å². The Balaban J connectivity index is 0.866. The van der Waals surface area contributed by atoms with Crippen LogP contribution in [0.2, 0.25) is 0 Å². The van der Waals surface area contributed by atoms with E-state index in [1.807, 2.05) is 23.9 Å². The molecule has 15 nitrogen and oxygen atoms in total. The normalized spacial score (nSPS) is 18.3. The maximum atomic E-state index is 13.7. The SMILES string of the molecule is CNC(=O)N(CCC=O)c1nn(C)c2cc(C3CCN(CC4CCN(c5cccc(S(=O)N6CCC(Nc7ncc(C=N)c(NC)n7)CC6)c5)CC4)CC3)ccc12. The standard InChI is InChI=1S/C41H56N12O3S/c1-43-38-32(26-42)27-45-40(47-38)46-33-14-21-52(22-15-33)57(56)35-7-4-6-34(25-35)51-19-10-29(11-20-51)28-50-17-12-30(13-18-50)31-8-9-36-37(24-31)49(3)48-39(36)53(16-5-23-54)41(55)44-2/h4,6-9,23-27,29-30,33,42H,5,10-22,28H2,1-3H3,(H,44,55)(H2,43,45,46,47). The number of carbonyl (C=O) groups excluding carboxylic acids is 2. The first kappa shape index (κ1) is 40.3. The van der Waals surface area contributed by atoms with Crippen molar-refractivity contribution >= 4 is 63.7 Å². The first-order chi connectivity index (χ1) is 27.8. The highest BCUT2D eigenvalue weighted by molar-refractivity contribution is 7.82. The number of nitrogens with zero attached hydrogens (tertiary/aromatic N) is 8. The van der Waals surface area contributed by atoms with Crippen LogP contribution in [-0.2, 0) is 22.8 Å². The van der Waals surface area contributed by atoms with Gasteiger partial charge in [0.2, 0.25) is 5.95 Å². The number of urea groups is 1. The molecule has 0 aliphatic carbocycles. The molecule has 7 rings (SSSR count). The fraction of sp³-hybridized carbons (Fsp3) is 0.512. The molecular formula is C41H56N12O3S. The highest BCUT2D eigenvalue weighted by atomic mass is 32.2. The van der Waals surface area contributed by atoms with Crippen LogP contribution in [0.25, 0.3) is 10.9 Å². The predicted octanol–water partition coefficient (Wildman–Crippen LogP) is 4.83. The summed E-state index contributed by atoms with van der Waals surface area (Å²) in [5, 5.41) is 22.2. The van der Waals surface area contributed by atoms with Gasteiger partial charge < -0.3 is 36.0 Å². The molecule has 2 amide bonds. The predicted molar refractivity (Wildman–Crippen MR) is 227 cm³/mol. The number of aldehydes is 1. The fourth-order valence-corrected chi connectivity index (χ4v) is 9.83. The summed E-state index contributed by atoms with van der Waals surface area (Å²) in [6.45, 7) is 7.03. The monoisotopic (exact) mass is 796 g/mol. The van der Waals surface area contributed by atoms with E-state index >= 15 is 0 Å². The third-order valence-corrected chi connectivity index (χ3v) is 13.3. The van der Waals surface area contributed by atoms with E-state index in [9.17, 15) is 13.8 Å². The summed E-state index contributed by atoms with van der Waals surface area (Å²) in [5.74, 6) is 2.89. The summed E-state index contributed by atoms with van der Waals surface area (Å²) < 4.78 is 17.6. The van der Waals surface area contributed by atoms with Crippen molar-refractivity contribution in [2.75, 3.05) is 86.9 Å². The minimum atomic E-state index is -1.22. The van der Waals surface area contributed by atoms with E-state index in [0.29, 0.717) is 35.0 Å². The van der Waals surface area contributed by atoms with E-state index in [1.54, 1.807) is 25.2 Å². The Labute approximate surface area is 337 Å². The summed E-state index contributed by atoms with van der Waals surface area (Å²) in [4.78, 5) is 40.1. The molecule has 1 atom stereocenters. The molecular weight excluding hydrogens is 741 g/mol. The van der Waals surface area contributed by atoms with Crippen molar-refractivity contribution in [3.05, 3.63) is 59.8 Å². The van der Waals surface area contributed by atoms with Gasteiger partial charge in [-0.3, -0.25) is 9.58 Å². The number of benzene rings is 2. The number of fused-ring (bicyclic) bond motifs is 1. The Morgan fingerprint density at radius 3 is 2.47 bits per heavy atom. The summed E-state index contributed by atoms with van der Waals surface area (Å²) in [7, 11) is 4.06. The Bertz CT molecular complexity index is 2050. The maximum Gasteiger partial charge on any atom is 0.322 e. The second-order valence-corrected chi connectivity index (χ2v) is 16.9. The van der Waals surface area contributed by atoms with E-state index < -0.39 is 11.0 Å². The van der Waals surface area contributed by atoms with Crippen LogP contribution in [0.1, 0.15) is 62.0 Å². The molecule has 0 spiro atoms. The number of aromatic nitrogens is 4. The summed E-state index contributed by atoms with van der Waals surface area (Å²) >= 11 is 0. The number of rotatable bonds is 14. The van der Waals surface area contributed by atoms with Crippen LogP contribution in [0.15, 0.2) is 53.6 Å². The van der Waals surface area contributed by atoms with Gasteiger partial charge in [0.15, 0.2) is 5.82 Å². The van der Waals surface area contributed by atoms with Crippen LogP contribution in [0.5, 0.6) is 0 Å². The number of hydrogen-bond donors (Lipinski definition) is 4. The number of likely N-dealkylation sites (tertiary alicyclic amines) is 1. The fourth-order valence-electron chi connectivity index (χ4n) is 8.57. The van der Waals surface area contributed by atoms with Gasteiger partial charge in [0.05, 0.1) is 16.0 Å². The zero-order valence-corrected chi connectivity index (χ0v) is 34.1. The number of hydrogen-bond acceptors (Lipinski definition) is 11. The lowest BCUT2D eigenvalue weighted by atomic mass is 9.88. The molecule has 0 radical (unpaired) electrons. The molecule has 3 aliphatic heterocycles. The molecule has 304 valence electrons. The number of aryl methyl sites for hydroxylation is 1. The van der Waals surface area contributed by atoms with E-state index in [4.69, 9.17) is 5.41 Å². The van der Waals surface area contributed by atoms with Crippen molar-refractivity contribution in [2.45, 2.75) is 61.8 Å². The topological polar surface area (TPSA) is 168 Å². The van der Waals surface area contributed by atoms with Crippen molar-refractivity contribution in [1.29, 1.82) is 5.41 Å². The van der Waals surface area contributed by atoms with Crippen molar-refractivity contribution in [3.8, 4) is 0 Å². The molecule has 2 aromatic heterocycles. The number of amides is 2. The van der Waals surface area contributed by atoms with Gasteiger partial charge >= 0.3 is 6.03 Å². The molecule has 3 aliphatic rings. The number of carbonyl (C=O) groups is 2. The Morgan fingerprint density at radius 2 is 1.77 bits per heavy atom. The van der Waals surface area contributed by atoms with Crippen molar-refractivity contribution < 1.29 is 13.8 Å². The van der Waals surface area contributed by atoms with E-state index in [2.05, 4.69) is 75.5 Å². The minimum Gasteiger partial charge on any atom is -0.372 e. The lowest BCUT2D eigenvalue weighted by Gasteiger charge is -2.38. The van der Waals surface area contributed by atoms with Gasteiger partial charge in [-0.2, -0.15) is 10.1 Å². The Kier molecular flexibility index (Phi) is 13.1. The van der Waals surface area contributed by atoms with Crippen molar-refractivity contribution in [1.82, 2.24) is 34.3 Å². The number of anilines is 4.